The number of hydrogen-bond donors (Lipinski definition) is 1. The fourth-order valence-corrected chi connectivity index (χ4v) is 7.92. The molecule has 0 aliphatic rings. The second kappa shape index (κ2) is 8.46. The standard InChI is InChI=1S/C17H12I3NO5/c1-3-9-14(18)12(7(2)22)16(20)13(15(9)19)8-4-5-10(17(23)24)11(6-8)21(25)26/h4-6H,3H2,1-2H3,(H,23,24). The first-order chi connectivity index (χ1) is 12.1. The molecule has 2 aromatic rings. The quantitative estimate of drug-likeness (QED) is 0.193. The van der Waals surface area contributed by atoms with Gasteiger partial charge in [-0.05, 0) is 98.3 Å². The SMILES string of the molecule is CCc1c(I)c(C(C)=O)c(I)c(-c2ccc(C(=O)O)c([N+](=O)[O-])c2)c1I. The number of ketones is 1. The Hall–Kier alpha value is -0.830. The molecule has 0 aliphatic carbocycles. The number of nitro groups is 1. The number of benzene rings is 2. The molecule has 0 aliphatic heterocycles. The molecule has 0 spiro atoms. The van der Waals surface area contributed by atoms with Crippen LogP contribution in [-0.2, 0) is 6.42 Å². The van der Waals surface area contributed by atoms with Crippen molar-refractivity contribution in [2.75, 3.05) is 0 Å². The normalized spacial score (nSPS) is 10.7. The molecule has 136 valence electrons. The third-order valence-electron chi connectivity index (χ3n) is 3.83. The topological polar surface area (TPSA) is 97.5 Å². The highest BCUT2D eigenvalue weighted by Crippen LogP contribution is 2.40. The molecule has 0 bridgehead atoms. The summed E-state index contributed by atoms with van der Waals surface area (Å²) in [6, 6.07) is 4.05. The van der Waals surface area contributed by atoms with Crippen molar-refractivity contribution in [3.63, 3.8) is 0 Å². The van der Waals surface area contributed by atoms with Crippen molar-refractivity contribution in [1.29, 1.82) is 0 Å². The summed E-state index contributed by atoms with van der Waals surface area (Å²) in [6.45, 7) is 3.47. The monoisotopic (exact) mass is 691 g/mol. The number of carboxylic acids is 1. The Bertz CT molecular complexity index is 956. The average molecular weight is 691 g/mol. The van der Waals surface area contributed by atoms with Crippen LogP contribution in [0.5, 0.6) is 0 Å². The van der Waals surface area contributed by atoms with Crippen LogP contribution >= 0.6 is 67.8 Å². The van der Waals surface area contributed by atoms with Crippen LogP contribution in [0.2, 0.25) is 0 Å². The molecule has 9 heteroatoms. The minimum Gasteiger partial charge on any atom is -0.477 e. The van der Waals surface area contributed by atoms with Crippen LogP contribution in [0.15, 0.2) is 18.2 Å². The molecule has 0 unspecified atom stereocenters. The van der Waals surface area contributed by atoms with E-state index >= 15 is 0 Å². The highest BCUT2D eigenvalue weighted by molar-refractivity contribution is 14.1. The van der Waals surface area contributed by atoms with E-state index in [0.717, 1.165) is 12.7 Å². The number of carboxylic acid groups (broad SMARTS) is 1. The Kier molecular flexibility index (Phi) is 6.98. The summed E-state index contributed by atoms with van der Waals surface area (Å²) in [5.41, 5.74) is 1.98. The van der Waals surface area contributed by atoms with E-state index in [1.807, 2.05) is 6.92 Å². The van der Waals surface area contributed by atoms with Gasteiger partial charge in [-0.15, -0.1) is 0 Å². The van der Waals surface area contributed by atoms with Crippen molar-refractivity contribution in [3.05, 3.63) is 55.7 Å². The number of aromatic carboxylic acids is 1. The van der Waals surface area contributed by atoms with Gasteiger partial charge in [0.15, 0.2) is 5.78 Å². The number of Topliss-reactive ketones (excluding diaryl/α,β-unsaturated/α-hetero) is 1. The Morgan fingerprint density at radius 2 is 1.77 bits per heavy atom. The summed E-state index contributed by atoms with van der Waals surface area (Å²) in [5.74, 6) is -1.43. The van der Waals surface area contributed by atoms with Gasteiger partial charge in [-0.1, -0.05) is 13.0 Å². The lowest BCUT2D eigenvalue weighted by Gasteiger charge is -2.18. The van der Waals surface area contributed by atoms with Gasteiger partial charge in [0.1, 0.15) is 5.56 Å². The maximum Gasteiger partial charge on any atom is 0.342 e. The molecule has 0 saturated heterocycles. The van der Waals surface area contributed by atoms with E-state index < -0.39 is 16.6 Å². The molecule has 1 N–H and O–H groups in total. The van der Waals surface area contributed by atoms with Gasteiger partial charge < -0.3 is 5.11 Å². The maximum absolute atomic E-state index is 12.2. The number of nitrogens with zero attached hydrogens (tertiary/aromatic N) is 1. The maximum atomic E-state index is 12.2. The van der Waals surface area contributed by atoms with Crippen molar-refractivity contribution in [2.45, 2.75) is 20.3 Å². The minimum atomic E-state index is -1.35. The Labute approximate surface area is 190 Å². The summed E-state index contributed by atoms with van der Waals surface area (Å²) in [6.07, 6.45) is 0.704. The first-order valence-electron chi connectivity index (χ1n) is 7.34. The van der Waals surface area contributed by atoms with E-state index in [1.165, 1.54) is 19.1 Å². The van der Waals surface area contributed by atoms with Gasteiger partial charge >= 0.3 is 5.97 Å². The third-order valence-corrected chi connectivity index (χ3v) is 7.29. The van der Waals surface area contributed by atoms with Gasteiger partial charge in [0.2, 0.25) is 0 Å². The third kappa shape index (κ3) is 3.88. The fraction of sp³-hybridized carbons (Fsp3) is 0.176. The smallest absolute Gasteiger partial charge is 0.342 e. The molecule has 0 heterocycles. The van der Waals surface area contributed by atoms with Crippen molar-refractivity contribution in [2.24, 2.45) is 0 Å². The first kappa shape index (κ1) is 21.5. The average Bonchev–Trinajstić information content (AvgIpc) is 2.54. The largest absolute Gasteiger partial charge is 0.477 e. The second-order valence-electron chi connectivity index (χ2n) is 5.37. The molecule has 0 saturated carbocycles. The van der Waals surface area contributed by atoms with Gasteiger partial charge in [-0.25, -0.2) is 4.79 Å². The summed E-state index contributed by atoms with van der Waals surface area (Å²) in [4.78, 5) is 34.0. The van der Waals surface area contributed by atoms with Crippen molar-refractivity contribution < 1.29 is 19.6 Å². The molecule has 0 amide bonds. The van der Waals surface area contributed by atoms with Crippen LogP contribution in [-0.4, -0.2) is 21.8 Å². The van der Waals surface area contributed by atoms with E-state index in [4.69, 9.17) is 5.11 Å². The van der Waals surface area contributed by atoms with Gasteiger partial charge in [-0.2, -0.15) is 0 Å². The number of rotatable bonds is 5. The lowest BCUT2D eigenvalue weighted by atomic mass is 9.96. The Morgan fingerprint density at radius 1 is 1.15 bits per heavy atom. The summed E-state index contributed by atoms with van der Waals surface area (Å²) < 4.78 is 2.49. The summed E-state index contributed by atoms with van der Waals surface area (Å²) >= 11 is 6.42. The van der Waals surface area contributed by atoms with E-state index in [9.17, 15) is 19.7 Å². The molecule has 2 aromatic carbocycles. The fourth-order valence-electron chi connectivity index (χ4n) is 2.61. The molecule has 0 radical (unpaired) electrons. The van der Waals surface area contributed by atoms with Crippen LogP contribution < -0.4 is 0 Å². The zero-order valence-corrected chi connectivity index (χ0v) is 20.1. The molecule has 26 heavy (non-hydrogen) atoms. The van der Waals surface area contributed by atoms with Gasteiger partial charge in [0.05, 0.1) is 4.92 Å². The number of nitro benzene ring substituents is 1. The Morgan fingerprint density at radius 3 is 2.23 bits per heavy atom. The number of hydrogen-bond acceptors (Lipinski definition) is 4. The van der Waals surface area contributed by atoms with E-state index in [1.54, 1.807) is 6.07 Å². The highest BCUT2D eigenvalue weighted by atomic mass is 127. The summed E-state index contributed by atoms with van der Waals surface area (Å²) in [5, 5.41) is 20.5. The molecule has 0 aromatic heterocycles. The number of carbonyl (C=O) groups excluding carboxylic acids is 1. The van der Waals surface area contributed by atoms with Crippen LogP contribution in [0.3, 0.4) is 0 Å². The zero-order valence-electron chi connectivity index (χ0n) is 13.6. The van der Waals surface area contributed by atoms with Crippen molar-refractivity contribution in [1.82, 2.24) is 0 Å². The molecule has 0 atom stereocenters. The van der Waals surface area contributed by atoms with Crippen LogP contribution in [0.1, 0.15) is 40.1 Å². The molecule has 2 rings (SSSR count). The van der Waals surface area contributed by atoms with Crippen LogP contribution in [0.25, 0.3) is 11.1 Å². The number of halogens is 3. The predicted octanol–water partition coefficient (Wildman–Crippen LogP) is 5.54. The van der Waals surface area contributed by atoms with E-state index in [2.05, 4.69) is 67.8 Å². The predicted molar refractivity (Wildman–Crippen MR) is 123 cm³/mol. The lowest BCUT2D eigenvalue weighted by Crippen LogP contribution is -2.09. The summed E-state index contributed by atoms with van der Waals surface area (Å²) in [7, 11) is 0. The second-order valence-corrected chi connectivity index (χ2v) is 8.61. The molecule has 6 nitrogen and oxygen atoms in total. The first-order valence-corrected chi connectivity index (χ1v) is 10.6. The van der Waals surface area contributed by atoms with Crippen molar-refractivity contribution in [3.8, 4) is 11.1 Å². The van der Waals surface area contributed by atoms with Gasteiger partial charge in [-0.3, -0.25) is 14.9 Å². The molecular formula is C17H12I3NO5. The van der Waals surface area contributed by atoms with Crippen molar-refractivity contribution >= 4 is 85.2 Å². The number of carbonyl (C=O) groups is 2. The van der Waals surface area contributed by atoms with Crippen LogP contribution in [0.4, 0.5) is 5.69 Å². The molecular weight excluding hydrogens is 679 g/mol. The van der Waals surface area contributed by atoms with Crippen LogP contribution in [0, 0.1) is 20.8 Å². The van der Waals surface area contributed by atoms with E-state index in [0.29, 0.717) is 26.7 Å². The van der Waals surface area contributed by atoms with Gasteiger partial charge in [0.25, 0.3) is 5.69 Å². The highest BCUT2D eigenvalue weighted by Gasteiger charge is 2.26. The zero-order chi connectivity index (χ0) is 19.8. The Balaban J connectivity index is 2.91. The minimum absolute atomic E-state index is 0.0807. The van der Waals surface area contributed by atoms with E-state index in [-0.39, 0.29) is 11.3 Å². The van der Waals surface area contributed by atoms with Gasteiger partial charge in [0, 0.05) is 27.9 Å². The molecule has 0 fully saturated rings. The lowest BCUT2D eigenvalue weighted by molar-refractivity contribution is -0.385.